The number of hydrogen-bond acceptors (Lipinski definition) is 5. The number of amides is 4. The number of ether oxygens (including phenoxy) is 2. The van der Waals surface area contributed by atoms with Gasteiger partial charge in [0.05, 0.1) is 20.3 Å². The Morgan fingerprint density at radius 2 is 1.60 bits per heavy atom. The SMILES string of the molecule is COc1ccc(C[C@H](NC(=O)CC[C@@H]2NC(=O)NC2=O)c2ccc(OC)cc2)cc1. The highest BCUT2D eigenvalue weighted by Gasteiger charge is 2.29. The maximum atomic E-state index is 12.6. The molecular weight excluding hydrogens is 386 g/mol. The molecule has 2 atom stereocenters. The monoisotopic (exact) mass is 411 g/mol. The number of carbonyl (C=O) groups is 3. The molecule has 0 spiro atoms. The average Bonchev–Trinajstić information content (AvgIpc) is 3.09. The fourth-order valence-electron chi connectivity index (χ4n) is 3.29. The molecule has 3 rings (SSSR count). The Hall–Kier alpha value is -3.55. The number of urea groups is 1. The maximum Gasteiger partial charge on any atom is 0.322 e. The quantitative estimate of drug-likeness (QED) is 0.548. The second kappa shape index (κ2) is 9.78. The van der Waals surface area contributed by atoms with Gasteiger partial charge in [0, 0.05) is 6.42 Å². The summed E-state index contributed by atoms with van der Waals surface area (Å²) < 4.78 is 10.4. The number of benzene rings is 2. The zero-order valence-electron chi connectivity index (χ0n) is 16.9. The van der Waals surface area contributed by atoms with Gasteiger partial charge in [-0.25, -0.2) is 4.79 Å². The molecule has 8 nitrogen and oxygen atoms in total. The standard InChI is InChI=1S/C22H25N3O5/c1-29-16-7-3-14(4-8-16)13-19(15-5-9-17(30-2)10-6-15)23-20(26)12-11-18-21(27)25-22(28)24-18/h3-10,18-19H,11-13H2,1-2H3,(H,23,26)(H2,24,25,27,28)/t18-,19-/m0/s1. The van der Waals surface area contributed by atoms with Crippen LogP contribution in [0.4, 0.5) is 4.79 Å². The van der Waals surface area contributed by atoms with Crippen molar-refractivity contribution in [1.29, 1.82) is 0 Å². The molecule has 0 radical (unpaired) electrons. The molecule has 0 bridgehead atoms. The summed E-state index contributed by atoms with van der Waals surface area (Å²) in [4.78, 5) is 35.4. The fraction of sp³-hybridized carbons (Fsp3) is 0.318. The van der Waals surface area contributed by atoms with Gasteiger partial charge in [-0.2, -0.15) is 0 Å². The molecule has 30 heavy (non-hydrogen) atoms. The lowest BCUT2D eigenvalue weighted by Crippen LogP contribution is -2.34. The van der Waals surface area contributed by atoms with Gasteiger partial charge in [-0.05, 0) is 48.2 Å². The van der Waals surface area contributed by atoms with Crippen molar-refractivity contribution in [1.82, 2.24) is 16.0 Å². The van der Waals surface area contributed by atoms with E-state index in [-0.39, 0.29) is 24.8 Å². The van der Waals surface area contributed by atoms with Crippen molar-refractivity contribution in [2.24, 2.45) is 0 Å². The largest absolute Gasteiger partial charge is 0.497 e. The van der Waals surface area contributed by atoms with Crippen molar-refractivity contribution < 1.29 is 23.9 Å². The zero-order valence-corrected chi connectivity index (χ0v) is 16.9. The summed E-state index contributed by atoms with van der Waals surface area (Å²) in [6.45, 7) is 0. The Morgan fingerprint density at radius 3 is 2.13 bits per heavy atom. The van der Waals surface area contributed by atoms with Crippen LogP contribution in [-0.2, 0) is 16.0 Å². The zero-order chi connectivity index (χ0) is 21.5. The minimum Gasteiger partial charge on any atom is -0.497 e. The Balaban J connectivity index is 1.68. The van der Waals surface area contributed by atoms with Gasteiger partial charge in [0.2, 0.25) is 5.91 Å². The first kappa shape index (κ1) is 21.2. The van der Waals surface area contributed by atoms with Crippen LogP contribution >= 0.6 is 0 Å². The minimum absolute atomic E-state index is 0.119. The van der Waals surface area contributed by atoms with E-state index in [0.717, 1.165) is 22.6 Å². The second-order valence-electron chi connectivity index (χ2n) is 7.00. The lowest BCUT2D eigenvalue weighted by atomic mass is 9.98. The van der Waals surface area contributed by atoms with E-state index < -0.39 is 18.0 Å². The maximum absolute atomic E-state index is 12.6. The van der Waals surface area contributed by atoms with Gasteiger partial charge in [0.1, 0.15) is 17.5 Å². The molecule has 1 heterocycles. The molecule has 2 aromatic carbocycles. The molecule has 1 aliphatic heterocycles. The summed E-state index contributed by atoms with van der Waals surface area (Å²) in [5, 5.41) is 7.71. The first-order chi connectivity index (χ1) is 14.5. The van der Waals surface area contributed by atoms with Crippen molar-refractivity contribution in [2.45, 2.75) is 31.3 Å². The average molecular weight is 411 g/mol. The van der Waals surface area contributed by atoms with Crippen molar-refractivity contribution in [3.8, 4) is 11.5 Å². The van der Waals surface area contributed by atoms with Crippen LogP contribution in [0, 0.1) is 0 Å². The Bertz CT molecular complexity index is 896. The Kier molecular flexibility index (Phi) is 6.90. The van der Waals surface area contributed by atoms with E-state index in [1.807, 2.05) is 48.5 Å². The summed E-state index contributed by atoms with van der Waals surface area (Å²) in [6.07, 6.45) is 0.942. The first-order valence-electron chi connectivity index (χ1n) is 9.66. The molecule has 8 heteroatoms. The number of hydrogen-bond donors (Lipinski definition) is 3. The van der Waals surface area contributed by atoms with E-state index in [2.05, 4.69) is 16.0 Å². The van der Waals surface area contributed by atoms with Gasteiger partial charge in [-0.15, -0.1) is 0 Å². The van der Waals surface area contributed by atoms with Gasteiger partial charge >= 0.3 is 6.03 Å². The lowest BCUT2D eigenvalue weighted by Gasteiger charge is -2.20. The van der Waals surface area contributed by atoms with E-state index in [4.69, 9.17) is 9.47 Å². The number of imide groups is 1. The van der Waals surface area contributed by atoms with Crippen LogP contribution in [0.15, 0.2) is 48.5 Å². The topological polar surface area (TPSA) is 106 Å². The van der Waals surface area contributed by atoms with Crippen molar-refractivity contribution in [3.63, 3.8) is 0 Å². The summed E-state index contributed by atoms with van der Waals surface area (Å²) in [6, 6.07) is 13.7. The van der Waals surface area contributed by atoms with E-state index in [9.17, 15) is 14.4 Å². The van der Waals surface area contributed by atoms with E-state index in [0.29, 0.717) is 6.42 Å². The smallest absolute Gasteiger partial charge is 0.322 e. The van der Waals surface area contributed by atoms with Gasteiger partial charge in [0.25, 0.3) is 5.91 Å². The van der Waals surface area contributed by atoms with Crippen LogP contribution < -0.4 is 25.4 Å². The molecule has 0 aromatic heterocycles. The highest BCUT2D eigenvalue weighted by Crippen LogP contribution is 2.23. The molecule has 0 saturated carbocycles. The van der Waals surface area contributed by atoms with E-state index in [1.54, 1.807) is 14.2 Å². The van der Waals surface area contributed by atoms with Crippen LogP contribution in [0.1, 0.15) is 30.0 Å². The van der Waals surface area contributed by atoms with Gasteiger partial charge in [-0.3, -0.25) is 14.9 Å². The molecule has 1 saturated heterocycles. The third kappa shape index (κ3) is 5.50. The third-order valence-corrected chi connectivity index (χ3v) is 4.97. The van der Waals surface area contributed by atoms with Crippen LogP contribution in [0.2, 0.25) is 0 Å². The van der Waals surface area contributed by atoms with Crippen LogP contribution in [0.5, 0.6) is 11.5 Å². The number of carbonyl (C=O) groups excluding carboxylic acids is 3. The van der Waals surface area contributed by atoms with Gasteiger partial charge in [0.15, 0.2) is 0 Å². The predicted molar refractivity (Wildman–Crippen MR) is 110 cm³/mol. The van der Waals surface area contributed by atoms with Gasteiger partial charge in [-0.1, -0.05) is 24.3 Å². The summed E-state index contributed by atoms with van der Waals surface area (Å²) in [5.41, 5.74) is 1.98. The molecule has 2 aromatic rings. The first-order valence-corrected chi connectivity index (χ1v) is 9.66. The molecule has 0 aliphatic carbocycles. The van der Waals surface area contributed by atoms with Crippen molar-refractivity contribution >= 4 is 17.8 Å². The fourth-order valence-corrected chi connectivity index (χ4v) is 3.29. The second-order valence-corrected chi connectivity index (χ2v) is 7.00. The highest BCUT2D eigenvalue weighted by molar-refractivity contribution is 6.04. The Morgan fingerprint density at radius 1 is 1.00 bits per heavy atom. The molecule has 4 amide bonds. The van der Waals surface area contributed by atoms with E-state index >= 15 is 0 Å². The lowest BCUT2D eigenvalue weighted by molar-refractivity contribution is -0.122. The third-order valence-electron chi connectivity index (χ3n) is 4.97. The molecular formula is C22H25N3O5. The molecule has 1 aliphatic rings. The molecule has 158 valence electrons. The summed E-state index contributed by atoms with van der Waals surface area (Å²) in [7, 11) is 3.21. The molecule has 0 unspecified atom stereocenters. The normalized spacial score (nSPS) is 16.4. The summed E-state index contributed by atoms with van der Waals surface area (Å²) in [5.74, 6) is 0.896. The number of nitrogens with one attached hydrogen (secondary N) is 3. The van der Waals surface area contributed by atoms with Crippen LogP contribution in [0.3, 0.4) is 0 Å². The summed E-state index contributed by atoms with van der Waals surface area (Å²) >= 11 is 0. The van der Waals surface area contributed by atoms with Crippen molar-refractivity contribution in [3.05, 3.63) is 59.7 Å². The van der Waals surface area contributed by atoms with E-state index in [1.165, 1.54) is 0 Å². The Labute approximate surface area is 174 Å². The van der Waals surface area contributed by atoms with Gasteiger partial charge < -0.3 is 20.1 Å². The number of rotatable bonds is 9. The van der Waals surface area contributed by atoms with Crippen LogP contribution in [0.25, 0.3) is 0 Å². The van der Waals surface area contributed by atoms with Crippen LogP contribution in [-0.4, -0.2) is 38.1 Å². The highest BCUT2D eigenvalue weighted by atomic mass is 16.5. The van der Waals surface area contributed by atoms with Crippen molar-refractivity contribution in [2.75, 3.05) is 14.2 Å². The molecule has 3 N–H and O–H groups in total. The minimum atomic E-state index is -0.677. The number of methoxy groups -OCH3 is 2. The predicted octanol–water partition coefficient (Wildman–Crippen LogP) is 2.09. The molecule has 1 fully saturated rings.